The van der Waals surface area contributed by atoms with Crippen molar-refractivity contribution >= 4 is 23.2 Å². The summed E-state index contributed by atoms with van der Waals surface area (Å²) in [7, 11) is 1.83. The van der Waals surface area contributed by atoms with Gasteiger partial charge < -0.3 is 5.32 Å². The topological polar surface area (TPSA) is 12.0 Å². The lowest BCUT2D eigenvalue weighted by Crippen LogP contribution is -2.19. The van der Waals surface area contributed by atoms with Gasteiger partial charge in [0.2, 0.25) is 0 Å². The van der Waals surface area contributed by atoms with Crippen LogP contribution in [0.5, 0.6) is 0 Å². The van der Waals surface area contributed by atoms with Gasteiger partial charge in [-0.25, -0.2) is 4.39 Å². The number of rotatable bonds is 4. The summed E-state index contributed by atoms with van der Waals surface area (Å²) in [5.41, 5.74) is 1.53. The van der Waals surface area contributed by atoms with E-state index in [1.165, 1.54) is 6.07 Å². The van der Waals surface area contributed by atoms with Gasteiger partial charge in [0.05, 0.1) is 0 Å². The monoisotopic (exact) mass is 297 g/mol. The fourth-order valence-electron chi connectivity index (χ4n) is 2.04. The van der Waals surface area contributed by atoms with Crippen LogP contribution in [0.3, 0.4) is 0 Å². The molecule has 1 atom stereocenters. The molecule has 1 unspecified atom stereocenters. The third kappa shape index (κ3) is 3.47. The fourth-order valence-corrected chi connectivity index (χ4v) is 2.48. The summed E-state index contributed by atoms with van der Waals surface area (Å²) in [6.45, 7) is 0. The molecule has 0 aliphatic rings. The van der Waals surface area contributed by atoms with Crippen molar-refractivity contribution < 1.29 is 4.39 Å². The number of benzene rings is 2. The Balaban J connectivity index is 2.29. The van der Waals surface area contributed by atoms with Gasteiger partial charge in [-0.15, -0.1) is 0 Å². The van der Waals surface area contributed by atoms with Crippen molar-refractivity contribution in [2.45, 2.75) is 12.5 Å². The number of nitrogens with one attached hydrogen (secondary N) is 1. The first kappa shape index (κ1) is 14.3. The third-order valence-electron chi connectivity index (χ3n) is 3.07. The van der Waals surface area contributed by atoms with Crippen molar-refractivity contribution in [2.24, 2.45) is 0 Å². The molecule has 0 heterocycles. The molecule has 1 nitrogen and oxygen atoms in total. The standard InChI is InChI=1S/C15H14Cl2FN/c1-19-15(10-4-2-5-11(16)8-10)9-12-13(17)6-3-7-14(12)18/h2-8,15,19H,9H2,1H3. The van der Waals surface area contributed by atoms with Crippen LogP contribution in [0.15, 0.2) is 42.5 Å². The van der Waals surface area contributed by atoms with Crippen LogP contribution in [0.25, 0.3) is 0 Å². The van der Waals surface area contributed by atoms with Crippen molar-refractivity contribution in [3.8, 4) is 0 Å². The van der Waals surface area contributed by atoms with Gasteiger partial charge >= 0.3 is 0 Å². The highest BCUT2D eigenvalue weighted by Crippen LogP contribution is 2.26. The maximum atomic E-state index is 13.8. The number of halogens is 3. The first-order chi connectivity index (χ1) is 9.11. The van der Waals surface area contributed by atoms with Crippen LogP contribution in [0.1, 0.15) is 17.2 Å². The Labute approximate surface area is 122 Å². The molecule has 4 heteroatoms. The number of hydrogen-bond acceptors (Lipinski definition) is 1. The second-order valence-corrected chi connectivity index (χ2v) is 5.14. The van der Waals surface area contributed by atoms with Crippen molar-refractivity contribution in [2.75, 3.05) is 7.05 Å². The molecular formula is C15H14Cl2FN. The SMILES string of the molecule is CNC(Cc1c(F)cccc1Cl)c1cccc(Cl)c1. The summed E-state index contributed by atoms with van der Waals surface area (Å²) in [6, 6.07) is 12.2. The molecule has 0 saturated heterocycles. The van der Waals surface area contributed by atoms with Crippen LogP contribution in [-0.2, 0) is 6.42 Å². The number of hydrogen-bond donors (Lipinski definition) is 1. The van der Waals surface area contributed by atoms with E-state index in [2.05, 4.69) is 5.32 Å². The lowest BCUT2D eigenvalue weighted by molar-refractivity contribution is 0.554. The summed E-state index contributed by atoms with van der Waals surface area (Å²) in [4.78, 5) is 0. The van der Waals surface area contributed by atoms with Gasteiger partial charge in [-0.1, -0.05) is 41.4 Å². The van der Waals surface area contributed by atoms with Gasteiger partial charge in [0.15, 0.2) is 0 Å². The van der Waals surface area contributed by atoms with E-state index < -0.39 is 0 Å². The minimum atomic E-state index is -0.283. The first-order valence-corrected chi connectivity index (χ1v) is 6.73. The van der Waals surface area contributed by atoms with Gasteiger partial charge in [-0.05, 0) is 43.3 Å². The highest BCUT2D eigenvalue weighted by Gasteiger charge is 2.15. The van der Waals surface area contributed by atoms with E-state index >= 15 is 0 Å². The lowest BCUT2D eigenvalue weighted by Gasteiger charge is -2.18. The molecule has 0 spiro atoms. The van der Waals surface area contributed by atoms with Crippen LogP contribution < -0.4 is 5.32 Å². The Bertz CT molecular complexity index is 552. The third-order valence-corrected chi connectivity index (χ3v) is 3.66. The molecule has 2 aromatic carbocycles. The van der Waals surface area contributed by atoms with Crippen molar-refractivity contribution in [3.63, 3.8) is 0 Å². The highest BCUT2D eigenvalue weighted by molar-refractivity contribution is 6.31. The Kier molecular flexibility index (Phi) is 4.81. The average Bonchev–Trinajstić information content (AvgIpc) is 2.38. The molecule has 0 saturated carbocycles. The maximum absolute atomic E-state index is 13.8. The zero-order chi connectivity index (χ0) is 13.8. The van der Waals surface area contributed by atoms with E-state index in [-0.39, 0.29) is 11.9 Å². The zero-order valence-electron chi connectivity index (χ0n) is 10.5. The Morgan fingerprint density at radius 1 is 1.16 bits per heavy atom. The molecule has 0 fully saturated rings. The molecule has 0 radical (unpaired) electrons. The summed E-state index contributed by atoms with van der Waals surface area (Å²) in [5, 5.41) is 4.28. The van der Waals surface area contributed by atoms with Gasteiger partial charge in [-0.2, -0.15) is 0 Å². The van der Waals surface area contributed by atoms with Gasteiger partial charge in [0.25, 0.3) is 0 Å². The van der Waals surface area contributed by atoms with Gasteiger partial charge in [0, 0.05) is 21.7 Å². The van der Waals surface area contributed by atoms with Crippen LogP contribution in [0.2, 0.25) is 10.0 Å². The van der Waals surface area contributed by atoms with Crippen molar-refractivity contribution in [3.05, 3.63) is 69.5 Å². The summed E-state index contributed by atoms with van der Waals surface area (Å²) in [6.07, 6.45) is 0.475. The second-order valence-electron chi connectivity index (χ2n) is 4.30. The Hall–Kier alpha value is -1.09. The fraction of sp³-hybridized carbons (Fsp3) is 0.200. The van der Waals surface area contributed by atoms with Crippen molar-refractivity contribution in [1.82, 2.24) is 5.32 Å². The van der Waals surface area contributed by atoms with Gasteiger partial charge in [-0.3, -0.25) is 0 Å². The molecule has 0 amide bonds. The van der Waals surface area contributed by atoms with Crippen LogP contribution in [0, 0.1) is 5.82 Å². The second kappa shape index (κ2) is 6.38. The van der Waals surface area contributed by atoms with E-state index in [9.17, 15) is 4.39 Å². The molecule has 0 aliphatic carbocycles. The van der Waals surface area contributed by atoms with Gasteiger partial charge in [0.1, 0.15) is 5.82 Å². The zero-order valence-corrected chi connectivity index (χ0v) is 12.0. The largest absolute Gasteiger partial charge is 0.313 e. The summed E-state index contributed by atoms with van der Waals surface area (Å²) in [5.74, 6) is -0.283. The van der Waals surface area contributed by atoms with Crippen LogP contribution in [-0.4, -0.2) is 7.05 Å². The Morgan fingerprint density at radius 3 is 2.53 bits per heavy atom. The molecule has 100 valence electrons. The lowest BCUT2D eigenvalue weighted by atomic mass is 9.98. The van der Waals surface area contributed by atoms with E-state index in [0.29, 0.717) is 22.0 Å². The predicted octanol–water partition coefficient (Wildman–Crippen LogP) is 4.64. The molecular weight excluding hydrogens is 284 g/mol. The highest BCUT2D eigenvalue weighted by atomic mass is 35.5. The molecule has 0 bridgehead atoms. The maximum Gasteiger partial charge on any atom is 0.127 e. The summed E-state index contributed by atoms with van der Waals surface area (Å²) < 4.78 is 13.8. The molecule has 19 heavy (non-hydrogen) atoms. The predicted molar refractivity (Wildman–Crippen MR) is 78.4 cm³/mol. The van der Waals surface area contributed by atoms with Crippen LogP contribution in [0.4, 0.5) is 4.39 Å². The van der Waals surface area contributed by atoms with Crippen molar-refractivity contribution in [1.29, 1.82) is 0 Å². The quantitative estimate of drug-likeness (QED) is 0.867. The first-order valence-electron chi connectivity index (χ1n) is 5.97. The van der Waals surface area contributed by atoms with Crippen LogP contribution >= 0.6 is 23.2 Å². The molecule has 0 aliphatic heterocycles. The average molecular weight is 298 g/mol. The Morgan fingerprint density at radius 2 is 1.89 bits per heavy atom. The normalized spacial score (nSPS) is 12.4. The van der Waals surface area contributed by atoms with E-state index in [1.54, 1.807) is 12.1 Å². The smallest absolute Gasteiger partial charge is 0.127 e. The minimum Gasteiger partial charge on any atom is -0.313 e. The molecule has 1 N–H and O–H groups in total. The molecule has 0 aromatic heterocycles. The molecule has 2 aromatic rings. The number of likely N-dealkylation sites (N-methyl/N-ethyl adjacent to an activating group) is 1. The summed E-state index contributed by atoms with van der Waals surface area (Å²) >= 11 is 12.0. The molecule has 2 rings (SSSR count). The minimum absolute atomic E-state index is 0.0342. The van der Waals surface area contributed by atoms with E-state index in [4.69, 9.17) is 23.2 Å². The van der Waals surface area contributed by atoms with E-state index in [1.807, 2.05) is 31.3 Å². The van der Waals surface area contributed by atoms with E-state index in [0.717, 1.165) is 5.56 Å².